The normalized spacial score (nSPS) is 12.5. The highest BCUT2D eigenvalue weighted by Crippen LogP contribution is 2.21. The molecule has 16 heavy (non-hydrogen) atoms. The summed E-state index contributed by atoms with van der Waals surface area (Å²) in [6.45, 7) is 5.38. The van der Waals surface area contributed by atoms with Crippen molar-refractivity contribution < 1.29 is 0 Å². The molecule has 0 saturated carbocycles. The molecule has 0 amide bonds. The summed E-state index contributed by atoms with van der Waals surface area (Å²) in [6.07, 6.45) is 6.24. The molecule has 90 valence electrons. The highest BCUT2D eigenvalue weighted by atomic mass is 15.1. The molecule has 1 heterocycles. The lowest BCUT2D eigenvalue weighted by Crippen LogP contribution is -2.30. The summed E-state index contributed by atoms with van der Waals surface area (Å²) in [5.74, 6) is 0. The Bertz CT molecular complexity index is 312. The summed E-state index contributed by atoms with van der Waals surface area (Å²) in [5, 5.41) is 3.20. The number of pyridine rings is 1. The summed E-state index contributed by atoms with van der Waals surface area (Å²) in [6, 6.07) is 2.64. The minimum Gasteiger partial charge on any atom is -0.370 e. The molecule has 1 N–H and O–H groups in total. The second kappa shape index (κ2) is 6.48. The van der Waals surface area contributed by atoms with Crippen molar-refractivity contribution in [3.05, 3.63) is 24.0 Å². The van der Waals surface area contributed by atoms with Crippen molar-refractivity contribution in [3.63, 3.8) is 0 Å². The molecule has 0 bridgehead atoms. The van der Waals surface area contributed by atoms with E-state index < -0.39 is 0 Å². The largest absolute Gasteiger partial charge is 0.370 e. The van der Waals surface area contributed by atoms with Crippen molar-refractivity contribution in [1.82, 2.24) is 10.3 Å². The molecule has 1 rings (SSSR count). The van der Waals surface area contributed by atoms with Crippen LogP contribution in [0.3, 0.4) is 0 Å². The predicted molar refractivity (Wildman–Crippen MR) is 69.8 cm³/mol. The van der Waals surface area contributed by atoms with Gasteiger partial charge in [0, 0.05) is 25.8 Å². The van der Waals surface area contributed by atoms with Crippen LogP contribution in [0.2, 0.25) is 0 Å². The van der Waals surface area contributed by atoms with Crippen molar-refractivity contribution in [1.29, 1.82) is 0 Å². The van der Waals surface area contributed by atoms with Crippen molar-refractivity contribution in [2.24, 2.45) is 0 Å². The van der Waals surface area contributed by atoms with Crippen molar-refractivity contribution in [3.8, 4) is 0 Å². The smallest absolute Gasteiger partial charge is 0.0598 e. The van der Waals surface area contributed by atoms with Crippen LogP contribution in [0.5, 0.6) is 0 Å². The molecular formula is C13H23N3. The molecule has 0 aliphatic carbocycles. The van der Waals surface area contributed by atoms with Gasteiger partial charge >= 0.3 is 0 Å². The van der Waals surface area contributed by atoms with Crippen LogP contribution >= 0.6 is 0 Å². The zero-order chi connectivity index (χ0) is 12.0. The summed E-state index contributed by atoms with van der Waals surface area (Å²) >= 11 is 0. The fourth-order valence-corrected chi connectivity index (χ4v) is 1.92. The van der Waals surface area contributed by atoms with E-state index in [0.29, 0.717) is 6.04 Å². The Kier molecular flexibility index (Phi) is 5.26. The average Bonchev–Trinajstić information content (AvgIpc) is 2.29. The molecule has 1 unspecified atom stereocenters. The standard InChI is InChI=1S/C13H23N3/c1-5-6-11(2)16(4)13-10-15-8-7-12(13)9-14-3/h7-8,10-11,14H,5-6,9H2,1-4H3. The maximum atomic E-state index is 4.22. The van der Waals surface area contributed by atoms with Gasteiger partial charge in [0.05, 0.1) is 11.9 Å². The van der Waals surface area contributed by atoms with Gasteiger partial charge in [-0.25, -0.2) is 0 Å². The van der Waals surface area contributed by atoms with Gasteiger partial charge in [0.2, 0.25) is 0 Å². The number of aromatic nitrogens is 1. The number of rotatable bonds is 6. The molecule has 0 aliphatic heterocycles. The maximum absolute atomic E-state index is 4.22. The molecule has 0 fully saturated rings. The number of hydrogen-bond acceptors (Lipinski definition) is 3. The minimum absolute atomic E-state index is 0.560. The first-order chi connectivity index (χ1) is 7.70. The van der Waals surface area contributed by atoms with Gasteiger partial charge < -0.3 is 10.2 Å². The molecule has 1 atom stereocenters. The van der Waals surface area contributed by atoms with Crippen LogP contribution in [0.15, 0.2) is 18.5 Å². The van der Waals surface area contributed by atoms with E-state index in [4.69, 9.17) is 0 Å². The first kappa shape index (κ1) is 13.0. The molecule has 0 aromatic carbocycles. The van der Waals surface area contributed by atoms with Crippen LogP contribution in [0.4, 0.5) is 5.69 Å². The van der Waals surface area contributed by atoms with E-state index in [0.717, 1.165) is 6.54 Å². The third-order valence-electron chi connectivity index (χ3n) is 3.00. The number of hydrogen-bond donors (Lipinski definition) is 1. The summed E-state index contributed by atoms with van der Waals surface area (Å²) in [7, 11) is 4.12. The molecule has 3 nitrogen and oxygen atoms in total. The SMILES string of the molecule is CCCC(C)N(C)c1cnccc1CNC. The zero-order valence-electron chi connectivity index (χ0n) is 10.8. The Hall–Kier alpha value is -1.09. The van der Waals surface area contributed by atoms with Crippen LogP contribution in [-0.2, 0) is 6.54 Å². The number of nitrogens with zero attached hydrogens (tertiary/aromatic N) is 2. The molecular weight excluding hydrogens is 198 g/mol. The van der Waals surface area contributed by atoms with Crippen molar-refractivity contribution >= 4 is 5.69 Å². The van der Waals surface area contributed by atoms with Crippen molar-refractivity contribution in [2.75, 3.05) is 19.0 Å². The Morgan fingerprint density at radius 1 is 1.50 bits per heavy atom. The molecule has 1 aromatic heterocycles. The van der Waals surface area contributed by atoms with Crippen LogP contribution < -0.4 is 10.2 Å². The second-order valence-corrected chi connectivity index (χ2v) is 4.28. The highest BCUT2D eigenvalue weighted by molar-refractivity contribution is 5.51. The molecule has 1 aromatic rings. The predicted octanol–water partition coefficient (Wildman–Crippen LogP) is 2.43. The van der Waals surface area contributed by atoms with E-state index in [1.165, 1.54) is 24.1 Å². The van der Waals surface area contributed by atoms with Gasteiger partial charge in [-0.3, -0.25) is 4.98 Å². The van der Waals surface area contributed by atoms with E-state index in [-0.39, 0.29) is 0 Å². The van der Waals surface area contributed by atoms with Gasteiger partial charge in [-0.1, -0.05) is 13.3 Å². The lowest BCUT2D eigenvalue weighted by molar-refractivity contribution is 0.612. The third kappa shape index (κ3) is 3.20. The Morgan fingerprint density at radius 3 is 2.88 bits per heavy atom. The Morgan fingerprint density at radius 2 is 2.25 bits per heavy atom. The Labute approximate surface area is 98.9 Å². The van der Waals surface area contributed by atoms with Gasteiger partial charge in [-0.2, -0.15) is 0 Å². The van der Waals surface area contributed by atoms with Gasteiger partial charge in [0.15, 0.2) is 0 Å². The van der Waals surface area contributed by atoms with Crippen LogP contribution in [0.25, 0.3) is 0 Å². The molecule has 0 aliphatic rings. The lowest BCUT2D eigenvalue weighted by Gasteiger charge is -2.28. The maximum Gasteiger partial charge on any atom is 0.0598 e. The first-order valence-electron chi connectivity index (χ1n) is 6.01. The van der Waals surface area contributed by atoms with Crippen LogP contribution in [0.1, 0.15) is 32.3 Å². The molecule has 0 radical (unpaired) electrons. The summed E-state index contributed by atoms with van der Waals surface area (Å²) < 4.78 is 0. The summed E-state index contributed by atoms with van der Waals surface area (Å²) in [5.41, 5.74) is 2.54. The van der Waals surface area contributed by atoms with E-state index in [9.17, 15) is 0 Å². The third-order valence-corrected chi connectivity index (χ3v) is 3.00. The number of nitrogens with one attached hydrogen (secondary N) is 1. The Balaban J connectivity index is 2.84. The highest BCUT2D eigenvalue weighted by Gasteiger charge is 2.12. The van der Waals surface area contributed by atoms with Gasteiger partial charge in [-0.05, 0) is 32.0 Å². The van der Waals surface area contributed by atoms with Crippen molar-refractivity contribution in [2.45, 2.75) is 39.3 Å². The summed E-state index contributed by atoms with van der Waals surface area (Å²) in [4.78, 5) is 6.54. The minimum atomic E-state index is 0.560. The quantitative estimate of drug-likeness (QED) is 0.799. The monoisotopic (exact) mass is 221 g/mol. The number of anilines is 1. The van der Waals surface area contributed by atoms with Crippen LogP contribution in [0, 0.1) is 0 Å². The van der Waals surface area contributed by atoms with E-state index in [1.807, 2.05) is 19.4 Å². The molecule has 3 heteroatoms. The van der Waals surface area contributed by atoms with Gasteiger partial charge in [0.25, 0.3) is 0 Å². The zero-order valence-corrected chi connectivity index (χ0v) is 10.8. The van der Waals surface area contributed by atoms with E-state index >= 15 is 0 Å². The van der Waals surface area contributed by atoms with Crippen LogP contribution in [-0.4, -0.2) is 25.1 Å². The second-order valence-electron chi connectivity index (χ2n) is 4.28. The topological polar surface area (TPSA) is 28.2 Å². The first-order valence-corrected chi connectivity index (χ1v) is 6.01. The molecule has 0 spiro atoms. The molecule has 0 saturated heterocycles. The van der Waals surface area contributed by atoms with Gasteiger partial charge in [-0.15, -0.1) is 0 Å². The van der Waals surface area contributed by atoms with E-state index in [1.54, 1.807) is 0 Å². The lowest BCUT2D eigenvalue weighted by atomic mass is 10.1. The van der Waals surface area contributed by atoms with E-state index in [2.05, 4.69) is 42.2 Å². The fraction of sp³-hybridized carbons (Fsp3) is 0.615. The van der Waals surface area contributed by atoms with Gasteiger partial charge in [0.1, 0.15) is 0 Å². The fourth-order valence-electron chi connectivity index (χ4n) is 1.92. The average molecular weight is 221 g/mol.